The summed E-state index contributed by atoms with van der Waals surface area (Å²) in [6.45, 7) is 0. The van der Waals surface area contributed by atoms with Crippen molar-refractivity contribution in [2.45, 2.75) is 12.8 Å². The molecule has 0 bridgehead atoms. The minimum Gasteiger partial charge on any atom is -0.264 e. The Morgan fingerprint density at radius 3 is 1.37 bits per heavy atom. The van der Waals surface area contributed by atoms with E-state index in [0.717, 1.165) is 24.0 Å². The van der Waals surface area contributed by atoms with Crippen molar-refractivity contribution >= 4 is 27.1 Å². The summed E-state index contributed by atoms with van der Waals surface area (Å²) in [4.78, 5) is 4.36. The zero-order valence-corrected chi connectivity index (χ0v) is 34.4. The summed E-state index contributed by atoms with van der Waals surface area (Å²) in [6, 6.07) is 75.7. The van der Waals surface area contributed by atoms with Gasteiger partial charge in [0.1, 0.15) is 0 Å². The molecule has 0 unspecified atom stereocenters. The molecule has 0 saturated carbocycles. The molecular weight excluding hydrogens is 747 g/mol. The highest BCUT2D eigenvalue weighted by Crippen LogP contribution is 2.50. The Balaban J connectivity index is 1.18. The van der Waals surface area contributed by atoms with Crippen molar-refractivity contribution in [2.24, 2.45) is 0 Å². The van der Waals surface area contributed by atoms with Crippen molar-refractivity contribution in [2.75, 3.05) is 0 Å². The molecule has 0 aliphatic heterocycles. The minimum atomic E-state index is 1.02. The third-order valence-electron chi connectivity index (χ3n) is 12.4. The van der Waals surface area contributed by atoms with Crippen LogP contribution in [0.2, 0.25) is 0 Å². The van der Waals surface area contributed by atoms with Crippen molar-refractivity contribution in [3.63, 3.8) is 0 Å². The summed E-state index contributed by atoms with van der Waals surface area (Å²) in [6.07, 6.45) is 12.9. The highest BCUT2D eigenvalue weighted by Gasteiger charge is 2.25. The van der Waals surface area contributed by atoms with E-state index in [-0.39, 0.29) is 0 Å². The van der Waals surface area contributed by atoms with Gasteiger partial charge in [-0.1, -0.05) is 206 Å². The van der Waals surface area contributed by atoms with Crippen LogP contribution in [-0.4, -0.2) is 4.98 Å². The number of rotatable bonds is 8. The molecule has 1 aliphatic carbocycles. The van der Waals surface area contributed by atoms with Gasteiger partial charge < -0.3 is 0 Å². The molecule has 0 saturated heterocycles. The third-order valence-corrected chi connectivity index (χ3v) is 12.4. The van der Waals surface area contributed by atoms with E-state index in [1.807, 2.05) is 18.5 Å². The lowest BCUT2D eigenvalue weighted by Crippen LogP contribution is -2.01. The van der Waals surface area contributed by atoms with E-state index >= 15 is 0 Å². The molecule has 0 fully saturated rings. The van der Waals surface area contributed by atoms with Crippen molar-refractivity contribution in [1.29, 1.82) is 0 Å². The molecule has 62 heavy (non-hydrogen) atoms. The van der Waals surface area contributed by atoms with E-state index < -0.39 is 0 Å². The first kappa shape index (κ1) is 37.2. The zero-order valence-electron chi connectivity index (χ0n) is 34.4. The Kier molecular flexibility index (Phi) is 9.76. The average molecular weight is 790 g/mol. The van der Waals surface area contributed by atoms with Gasteiger partial charge in [-0.05, 0) is 142 Å². The zero-order chi connectivity index (χ0) is 41.2. The van der Waals surface area contributed by atoms with Crippen molar-refractivity contribution in [1.82, 2.24) is 4.98 Å². The highest BCUT2D eigenvalue weighted by atomic mass is 14.6. The molecule has 11 rings (SSSR count). The van der Waals surface area contributed by atoms with Crippen LogP contribution in [0.15, 0.2) is 237 Å². The first-order chi connectivity index (χ1) is 30.8. The van der Waals surface area contributed by atoms with Crippen LogP contribution in [0.4, 0.5) is 0 Å². The SMILES string of the molecule is C1=CC(c2c(-c3ccccc3)cc(-c3cccc(-c4c5ccccc5c(-c5ccc(-c6cccnc6)cc5)c5ccccc45)c3)c(-c3ccccc3)c2-c2ccccc2)=CCC1. The molecule has 1 heterocycles. The average Bonchev–Trinajstić information content (AvgIpc) is 3.36. The van der Waals surface area contributed by atoms with Gasteiger partial charge in [-0.15, -0.1) is 0 Å². The van der Waals surface area contributed by atoms with Gasteiger partial charge in [-0.2, -0.15) is 0 Å². The van der Waals surface area contributed by atoms with Gasteiger partial charge in [0.2, 0.25) is 0 Å². The van der Waals surface area contributed by atoms with Gasteiger partial charge in [0.25, 0.3) is 0 Å². The van der Waals surface area contributed by atoms with Crippen LogP contribution in [0.25, 0.3) is 105 Å². The van der Waals surface area contributed by atoms with Gasteiger partial charge in [0.05, 0.1) is 0 Å². The second-order valence-electron chi connectivity index (χ2n) is 16.1. The maximum Gasteiger partial charge on any atom is 0.0346 e. The van der Waals surface area contributed by atoms with E-state index in [0.29, 0.717) is 0 Å². The van der Waals surface area contributed by atoms with Gasteiger partial charge in [-0.25, -0.2) is 0 Å². The predicted molar refractivity (Wildman–Crippen MR) is 264 cm³/mol. The Labute approximate surface area is 363 Å². The number of benzene rings is 9. The Morgan fingerprint density at radius 1 is 0.306 bits per heavy atom. The molecule has 9 aromatic carbocycles. The van der Waals surface area contributed by atoms with E-state index in [1.54, 1.807) is 0 Å². The largest absolute Gasteiger partial charge is 0.264 e. The Morgan fingerprint density at radius 2 is 0.790 bits per heavy atom. The van der Waals surface area contributed by atoms with Crippen LogP contribution in [0.3, 0.4) is 0 Å². The quantitative estimate of drug-likeness (QED) is 0.140. The van der Waals surface area contributed by atoms with Crippen molar-refractivity contribution in [3.05, 3.63) is 242 Å². The predicted octanol–water partition coefficient (Wildman–Crippen LogP) is 16.8. The maximum absolute atomic E-state index is 4.36. The summed E-state index contributed by atoms with van der Waals surface area (Å²) >= 11 is 0. The van der Waals surface area contributed by atoms with Crippen LogP contribution in [0, 0.1) is 0 Å². The third kappa shape index (κ3) is 6.75. The lowest BCUT2D eigenvalue weighted by molar-refractivity contribution is 1.04. The maximum atomic E-state index is 4.36. The van der Waals surface area contributed by atoms with Crippen molar-refractivity contribution in [3.8, 4) is 77.9 Å². The number of aromatic nitrogens is 1. The standard InChI is InChI=1S/C61H43N/c1-5-19-43(20-6-1)55-40-56(60(45-23-9-3-10-24-45)61(46-25-11-4-12-26-46)59(55)44-21-7-2-8-22-44)48-27-17-28-49(39-48)58-53-32-15-13-30-51(53)57(52-31-14-16-33-54(52)58)47-36-34-42(35-37-47)50-29-18-38-62-41-50/h1,3-7,9-41H,2,8H2. The van der Waals surface area contributed by atoms with Gasteiger partial charge >= 0.3 is 0 Å². The number of allylic oxidation sites excluding steroid dienone is 4. The van der Waals surface area contributed by atoms with Crippen LogP contribution >= 0.6 is 0 Å². The number of hydrogen-bond donors (Lipinski definition) is 0. The molecule has 1 nitrogen and oxygen atoms in total. The molecule has 1 aliphatic rings. The summed E-state index contributed by atoms with van der Waals surface area (Å²) in [5.74, 6) is 0. The topological polar surface area (TPSA) is 12.9 Å². The van der Waals surface area contributed by atoms with Gasteiger partial charge in [0, 0.05) is 12.4 Å². The normalized spacial score (nSPS) is 12.4. The molecule has 0 spiro atoms. The fourth-order valence-corrected chi connectivity index (χ4v) is 9.61. The molecule has 1 aromatic heterocycles. The van der Waals surface area contributed by atoms with E-state index in [9.17, 15) is 0 Å². The molecule has 0 atom stereocenters. The molecule has 10 aromatic rings. The molecule has 1 heteroatoms. The van der Waals surface area contributed by atoms with Crippen LogP contribution in [0.5, 0.6) is 0 Å². The summed E-state index contributed by atoms with van der Waals surface area (Å²) in [5, 5.41) is 4.95. The summed E-state index contributed by atoms with van der Waals surface area (Å²) < 4.78 is 0. The lowest BCUT2D eigenvalue weighted by atomic mass is 9.77. The van der Waals surface area contributed by atoms with Crippen molar-refractivity contribution < 1.29 is 0 Å². The number of pyridine rings is 1. The summed E-state index contributed by atoms with van der Waals surface area (Å²) in [7, 11) is 0. The minimum absolute atomic E-state index is 1.02. The smallest absolute Gasteiger partial charge is 0.0346 e. The van der Waals surface area contributed by atoms with Crippen LogP contribution in [-0.2, 0) is 0 Å². The number of nitrogens with zero attached hydrogens (tertiary/aromatic N) is 1. The first-order valence-electron chi connectivity index (χ1n) is 21.6. The Hall–Kier alpha value is -7.87. The molecule has 0 radical (unpaired) electrons. The van der Waals surface area contributed by atoms with E-state index in [1.165, 1.54) is 99.4 Å². The molecule has 0 amide bonds. The fourth-order valence-electron chi connectivity index (χ4n) is 9.61. The second kappa shape index (κ2) is 16.3. The van der Waals surface area contributed by atoms with Gasteiger partial charge in [0.15, 0.2) is 0 Å². The summed E-state index contributed by atoms with van der Waals surface area (Å²) in [5.41, 5.74) is 19.4. The molecular formula is C61H43N. The number of fused-ring (bicyclic) bond motifs is 2. The van der Waals surface area contributed by atoms with E-state index in [4.69, 9.17) is 0 Å². The highest BCUT2D eigenvalue weighted by molar-refractivity contribution is 6.21. The monoisotopic (exact) mass is 789 g/mol. The van der Waals surface area contributed by atoms with Crippen LogP contribution < -0.4 is 0 Å². The van der Waals surface area contributed by atoms with Gasteiger partial charge in [-0.3, -0.25) is 4.98 Å². The first-order valence-corrected chi connectivity index (χ1v) is 21.6. The number of hydrogen-bond acceptors (Lipinski definition) is 1. The van der Waals surface area contributed by atoms with Crippen LogP contribution in [0.1, 0.15) is 18.4 Å². The fraction of sp³-hybridized carbons (Fsp3) is 0.0328. The van der Waals surface area contributed by atoms with E-state index in [2.05, 4.69) is 223 Å². The molecule has 292 valence electrons. The molecule has 0 N–H and O–H groups in total. The Bertz CT molecular complexity index is 3230. The lowest BCUT2D eigenvalue weighted by Gasteiger charge is -2.26. The second-order valence-corrected chi connectivity index (χ2v) is 16.1.